The van der Waals surface area contributed by atoms with Gasteiger partial charge in [0, 0.05) is 35.7 Å². The standard InChI is InChI=1S/C22H28N2O3/c1-4-14-9-13-11-22(21(25)27-3)19-16(7-8-24(12-13)20(14)22)17-10-15(26-2)5-6-18(17)23-19/h5-6,10,13-14,20,23H,4,7-9,11-12H2,1-3H3/t13-,14?,20?,22?/m0/s1. The first kappa shape index (κ1) is 17.1. The Morgan fingerprint density at radius 2 is 2.22 bits per heavy atom. The Hall–Kier alpha value is -2.01. The van der Waals surface area contributed by atoms with Gasteiger partial charge in [0.05, 0.1) is 14.2 Å². The van der Waals surface area contributed by atoms with Gasteiger partial charge in [0.25, 0.3) is 0 Å². The first-order valence-corrected chi connectivity index (χ1v) is 10.1. The van der Waals surface area contributed by atoms with E-state index < -0.39 is 5.41 Å². The number of rotatable bonds is 3. The van der Waals surface area contributed by atoms with Crippen LogP contribution in [-0.4, -0.2) is 49.2 Å². The summed E-state index contributed by atoms with van der Waals surface area (Å²) < 4.78 is 10.9. The van der Waals surface area contributed by atoms with Crippen molar-refractivity contribution < 1.29 is 14.3 Å². The molecule has 4 bridgehead atoms. The van der Waals surface area contributed by atoms with Crippen LogP contribution in [0, 0.1) is 11.8 Å². The van der Waals surface area contributed by atoms with Gasteiger partial charge in [-0.1, -0.05) is 13.3 Å². The molecule has 6 rings (SSSR count). The maximum absolute atomic E-state index is 13.4. The molecule has 1 aromatic heterocycles. The Kier molecular flexibility index (Phi) is 3.80. The molecule has 144 valence electrons. The molecule has 0 spiro atoms. The lowest BCUT2D eigenvalue weighted by molar-refractivity contribution is -0.162. The Balaban J connectivity index is 1.79. The molecule has 2 saturated heterocycles. The molecule has 1 aromatic carbocycles. The van der Waals surface area contributed by atoms with E-state index in [2.05, 4.69) is 28.9 Å². The van der Waals surface area contributed by atoms with Crippen LogP contribution in [0.25, 0.3) is 10.9 Å². The summed E-state index contributed by atoms with van der Waals surface area (Å²) in [4.78, 5) is 19.6. The highest BCUT2D eigenvalue weighted by molar-refractivity contribution is 5.92. The third-order valence-corrected chi connectivity index (χ3v) is 7.37. The van der Waals surface area contributed by atoms with Gasteiger partial charge in [-0.05, 0) is 54.9 Å². The lowest BCUT2D eigenvalue weighted by Crippen LogP contribution is -2.67. The fourth-order valence-electron chi connectivity index (χ4n) is 6.42. The highest BCUT2D eigenvalue weighted by Crippen LogP contribution is 2.55. The van der Waals surface area contributed by atoms with Gasteiger partial charge in [0.1, 0.15) is 11.2 Å². The fourth-order valence-corrected chi connectivity index (χ4v) is 6.42. The second kappa shape index (κ2) is 5.99. The quantitative estimate of drug-likeness (QED) is 0.845. The molecule has 5 heteroatoms. The van der Waals surface area contributed by atoms with E-state index in [1.807, 2.05) is 6.07 Å². The average Bonchev–Trinajstić information content (AvgIpc) is 3.04. The number of piperidine rings is 2. The van der Waals surface area contributed by atoms with E-state index in [1.165, 1.54) is 17.4 Å². The van der Waals surface area contributed by atoms with Gasteiger partial charge in [0.2, 0.25) is 0 Å². The number of aromatic amines is 1. The monoisotopic (exact) mass is 368 g/mol. The van der Waals surface area contributed by atoms with Crippen LogP contribution >= 0.6 is 0 Å². The number of carbonyl (C=O) groups excluding carboxylic acids is 1. The van der Waals surface area contributed by atoms with Crippen molar-refractivity contribution in [3.8, 4) is 5.75 Å². The molecule has 1 aliphatic carbocycles. The van der Waals surface area contributed by atoms with Gasteiger partial charge in [-0.2, -0.15) is 0 Å². The van der Waals surface area contributed by atoms with E-state index in [-0.39, 0.29) is 12.0 Å². The Morgan fingerprint density at radius 3 is 2.96 bits per heavy atom. The van der Waals surface area contributed by atoms with Gasteiger partial charge >= 0.3 is 5.97 Å². The number of fused-ring (bicyclic) bond motifs is 4. The number of aromatic nitrogens is 1. The second-order valence-electron chi connectivity index (χ2n) is 8.52. The molecule has 4 aliphatic rings. The number of esters is 1. The molecule has 1 saturated carbocycles. The number of hydrogen-bond donors (Lipinski definition) is 1. The fraction of sp³-hybridized carbons (Fsp3) is 0.591. The number of carbonyl (C=O) groups is 1. The Bertz CT molecular complexity index is 904. The number of nitrogens with one attached hydrogen (secondary N) is 1. The Labute approximate surface area is 160 Å². The lowest BCUT2D eigenvalue weighted by Gasteiger charge is -2.57. The maximum atomic E-state index is 13.4. The lowest BCUT2D eigenvalue weighted by atomic mass is 9.56. The zero-order chi connectivity index (χ0) is 18.8. The van der Waals surface area contributed by atoms with Gasteiger partial charge < -0.3 is 14.5 Å². The van der Waals surface area contributed by atoms with E-state index >= 15 is 0 Å². The number of hydrogen-bond acceptors (Lipinski definition) is 4. The van der Waals surface area contributed by atoms with E-state index in [4.69, 9.17) is 9.47 Å². The van der Waals surface area contributed by atoms with Crippen LogP contribution in [0.4, 0.5) is 0 Å². The van der Waals surface area contributed by atoms with Crippen LogP contribution in [-0.2, 0) is 21.4 Å². The minimum absolute atomic E-state index is 0.0676. The van der Waals surface area contributed by atoms with Crippen LogP contribution in [0.1, 0.15) is 37.4 Å². The second-order valence-corrected chi connectivity index (χ2v) is 8.52. The minimum atomic E-state index is -0.575. The highest BCUT2D eigenvalue weighted by Gasteiger charge is 2.62. The van der Waals surface area contributed by atoms with Crippen LogP contribution in [0.2, 0.25) is 0 Å². The summed E-state index contributed by atoms with van der Waals surface area (Å²) in [6, 6.07) is 6.40. The van der Waals surface area contributed by atoms with E-state index in [0.717, 1.165) is 49.3 Å². The average molecular weight is 368 g/mol. The summed E-state index contributed by atoms with van der Waals surface area (Å²) in [6.07, 6.45) is 4.20. The third kappa shape index (κ3) is 2.18. The summed E-state index contributed by atoms with van der Waals surface area (Å²) in [5, 5.41) is 1.19. The molecule has 0 radical (unpaired) electrons. The maximum Gasteiger partial charge on any atom is 0.319 e. The zero-order valence-electron chi connectivity index (χ0n) is 16.4. The Morgan fingerprint density at radius 1 is 1.37 bits per heavy atom. The molecule has 27 heavy (non-hydrogen) atoms. The van der Waals surface area contributed by atoms with Crippen molar-refractivity contribution in [2.75, 3.05) is 27.3 Å². The molecule has 4 unspecified atom stereocenters. The van der Waals surface area contributed by atoms with Crippen LogP contribution in [0.3, 0.4) is 0 Å². The van der Waals surface area contributed by atoms with Crippen molar-refractivity contribution in [1.29, 1.82) is 0 Å². The SMILES string of the molecule is CCC1C[C@@H]2CN3CCc4c([nH]c5ccc(OC)cc45)C(C(=O)OC)(C2)C13. The largest absolute Gasteiger partial charge is 0.497 e. The molecular formula is C22H28N2O3. The number of methoxy groups -OCH3 is 2. The summed E-state index contributed by atoms with van der Waals surface area (Å²) in [5.41, 5.74) is 2.90. The molecule has 0 amide bonds. The van der Waals surface area contributed by atoms with Crippen LogP contribution in [0.15, 0.2) is 18.2 Å². The van der Waals surface area contributed by atoms with Crippen molar-refractivity contribution in [3.63, 3.8) is 0 Å². The van der Waals surface area contributed by atoms with Crippen LogP contribution < -0.4 is 4.74 Å². The van der Waals surface area contributed by atoms with E-state index in [9.17, 15) is 4.79 Å². The molecule has 3 aliphatic heterocycles. The predicted octanol–water partition coefficient (Wildman–Crippen LogP) is 3.26. The van der Waals surface area contributed by atoms with Crippen molar-refractivity contribution >= 4 is 16.9 Å². The summed E-state index contributed by atoms with van der Waals surface area (Å²) in [5.74, 6) is 1.90. The van der Waals surface area contributed by atoms with Gasteiger partial charge in [-0.25, -0.2) is 0 Å². The molecule has 5 atom stereocenters. The molecule has 3 fully saturated rings. The predicted molar refractivity (Wildman–Crippen MR) is 104 cm³/mol. The smallest absolute Gasteiger partial charge is 0.319 e. The van der Waals surface area contributed by atoms with E-state index in [1.54, 1.807) is 14.2 Å². The number of benzene rings is 1. The van der Waals surface area contributed by atoms with Crippen LogP contribution in [0.5, 0.6) is 5.75 Å². The molecule has 4 heterocycles. The van der Waals surface area contributed by atoms with Crippen molar-refractivity contribution in [2.24, 2.45) is 11.8 Å². The van der Waals surface area contributed by atoms with Gasteiger partial charge in [-0.3, -0.25) is 9.69 Å². The summed E-state index contributed by atoms with van der Waals surface area (Å²) in [7, 11) is 3.24. The minimum Gasteiger partial charge on any atom is -0.497 e. The van der Waals surface area contributed by atoms with Crippen molar-refractivity contribution in [2.45, 2.75) is 44.1 Å². The summed E-state index contributed by atoms with van der Waals surface area (Å²) in [6.45, 7) is 4.39. The molecule has 5 nitrogen and oxygen atoms in total. The van der Waals surface area contributed by atoms with Gasteiger partial charge in [0.15, 0.2) is 0 Å². The normalized spacial score (nSPS) is 34.2. The van der Waals surface area contributed by atoms with Gasteiger partial charge in [-0.15, -0.1) is 0 Å². The number of ether oxygens (including phenoxy) is 2. The first-order chi connectivity index (χ1) is 13.1. The molecule has 2 aromatic rings. The first-order valence-electron chi connectivity index (χ1n) is 10.1. The van der Waals surface area contributed by atoms with E-state index in [0.29, 0.717) is 11.8 Å². The van der Waals surface area contributed by atoms with Crippen molar-refractivity contribution in [1.82, 2.24) is 9.88 Å². The topological polar surface area (TPSA) is 54.6 Å². The molecular weight excluding hydrogens is 340 g/mol. The zero-order valence-corrected chi connectivity index (χ0v) is 16.4. The van der Waals surface area contributed by atoms with Crippen molar-refractivity contribution in [3.05, 3.63) is 29.5 Å². The molecule has 1 N–H and O–H groups in total. The number of nitrogens with zero attached hydrogens (tertiary/aromatic N) is 1. The number of H-pyrrole nitrogens is 1. The highest BCUT2D eigenvalue weighted by atomic mass is 16.5. The third-order valence-electron chi connectivity index (χ3n) is 7.37. The summed E-state index contributed by atoms with van der Waals surface area (Å²) >= 11 is 0.